The van der Waals surface area contributed by atoms with E-state index in [2.05, 4.69) is 36.1 Å². The molecule has 0 spiro atoms. The highest BCUT2D eigenvalue weighted by molar-refractivity contribution is 7.66. The zero-order valence-electron chi connectivity index (χ0n) is 16.1. The molecule has 1 saturated carbocycles. The van der Waals surface area contributed by atoms with Crippen LogP contribution in [0.1, 0.15) is 18.9 Å². The third-order valence-corrected chi connectivity index (χ3v) is 8.53. The molecule has 0 radical (unpaired) electrons. The summed E-state index contributed by atoms with van der Waals surface area (Å²) in [6.07, 6.45) is 9.03. The van der Waals surface area contributed by atoms with Gasteiger partial charge in [0, 0.05) is 0 Å². The molecule has 0 aliphatic heterocycles. The molecule has 6 N–H and O–H groups in total. The van der Waals surface area contributed by atoms with Crippen molar-refractivity contribution in [1.29, 1.82) is 0 Å². The van der Waals surface area contributed by atoms with Gasteiger partial charge in [0.2, 0.25) is 0 Å². The predicted molar refractivity (Wildman–Crippen MR) is 108 cm³/mol. The second-order valence-electron chi connectivity index (χ2n) is 6.75. The van der Waals surface area contributed by atoms with E-state index in [4.69, 9.17) is 26.5 Å². The first-order chi connectivity index (χ1) is 14.7. The maximum absolute atomic E-state index is 12.1. The van der Waals surface area contributed by atoms with E-state index in [0.29, 0.717) is 23.2 Å². The Bertz CT molecular complexity index is 1250. The Labute approximate surface area is 180 Å². The first-order valence-corrected chi connectivity index (χ1v) is 13.1. The van der Waals surface area contributed by atoms with Gasteiger partial charge in [0.05, 0.1) is 24.4 Å². The molecule has 0 saturated heterocycles. The van der Waals surface area contributed by atoms with Crippen LogP contribution in [0.25, 0.3) is 11.2 Å². The molecule has 0 bridgehead atoms. The number of hydrogen-bond donors (Lipinski definition) is 5. The van der Waals surface area contributed by atoms with Gasteiger partial charge in [0.25, 0.3) is 0 Å². The van der Waals surface area contributed by atoms with E-state index in [-0.39, 0.29) is 12.2 Å². The predicted octanol–water partition coefficient (Wildman–Crippen LogP) is 1.26. The molecule has 2 aromatic heterocycles. The zero-order valence-corrected chi connectivity index (χ0v) is 18.8. The minimum Gasteiger partial charge on any atom is -0.382 e. The number of fused-ring (bicyclic) bond motifs is 1. The van der Waals surface area contributed by atoms with Gasteiger partial charge in [-0.1, -0.05) is 12.5 Å². The van der Waals surface area contributed by atoms with Crippen LogP contribution in [0.3, 0.4) is 0 Å². The van der Waals surface area contributed by atoms with Crippen molar-refractivity contribution >= 4 is 40.4 Å². The molecular formula is C14H18N5O10P3. The normalized spacial score (nSPS) is 25.3. The summed E-state index contributed by atoms with van der Waals surface area (Å²) in [4.78, 5) is 48.3. The maximum atomic E-state index is 12.1. The first kappa shape index (κ1) is 24.7. The molecular weight excluding hydrogens is 491 g/mol. The van der Waals surface area contributed by atoms with Crippen LogP contribution in [0.4, 0.5) is 5.82 Å². The SMILES string of the molecule is C#C[C@@]1(COP(=O)(O)OP(=O)(O)OP(=O)(O)O)CC[C@H](n2cnc3c(N)ncnc32)C1=C. The van der Waals surface area contributed by atoms with Crippen LogP contribution in [0, 0.1) is 17.8 Å². The van der Waals surface area contributed by atoms with Crippen molar-refractivity contribution in [2.75, 3.05) is 12.3 Å². The number of anilines is 1. The molecule has 2 unspecified atom stereocenters. The standard InChI is InChI=1S/C14H18N5O10P3/c1-3-14(6-27-31(23,24)29-32(25,26)28-30(20,21)22)5-4-10(9(14)2)19-8-18-11-12(15)16-7-17-13(11)19/h1,7-8,10H,2,4-6H2,(H,23,24)(H,25,26)(H2,15,16,17)(H2,20,21,22)/t10-,14-/m0/s1. The molecule has 2 heterocycles. The largest absolute Gasteiger partial charge is 0.490 e. The van der Waals surface area contributed by atoms with E-state index in [1.54, 1.807) is 4.57 Å². The maximum Gasteiger partial charge on any atom is 0.490 e. The Kier molecular flexibility index (Phi) is 6.52. The van der Waals surface area contributed by atoms with Crippen LogP contribution in [-0.2, 0) is 26.8 Å². The molecule has 0 aromatic carbocycles. The molecule has 15 nitrogen and oxygen atoms in total. The first-order valence-electron chi connectivity index (χ1n) is 8.57. The quantitative estimate of drug-likeness (QED) is 0.192. The topological polar surface area (TPSA) is 229 Å². The number of terminal acetylenes is 1. The summed E-state index contributed by atoms with van der Waals surface area (Å²) in [5.74, 6) is 2.64. The molecule has 174 valence electrons. The molecule has 4 atom stereocenters. The fourth-order valence-corrected chi connectivity index (χ4v) is 6.39. The number of hydrogen-bond acceptors (Lipinski definition) is 10. The summed E-state index contributed by atoms with van der Waals surface area (Å²) in [5, 5.41) is 0. The van der Waals surface area contributed by atoms with Crippen molar-refractivity contribution in [2.24, 2.45) is 5.41 Å². The number of imidazole rings is 1. The Morgan fingerprint density at radius 1 is 1.22 bits per heavy atom. The molecule has 18 heteroatoms. The number of nitrogens with two attached hydrogens (primary N) is 1. The van der Waals surface area contributed by atoms with E-state index in [1.807, 2.05) is 0 Å². The van der Waals surface area contributed by atoms with Crippen molar-refractivity contribution in [3.63, 3.8) is 0 Å². The summed E-state index contributed by atoms with van der Waals surface area (Å²) in [6, 6.07) is -0.435. The van der Waals surface area contributed by atoms with E-state index in [1.165, 1.54) is 12.7 Å². The Hall–Kier alpha value is -1.94. The van der Waals surface area contributed by atoms with Crippen LogP contribution >= 0.6 is 23.5 Å². The molecule has 2 aromatic rings. The van der Waals surface area contributed by atoms with Crippen molar-refractivity contribution in [3.8, 4) is 12.3 Å². The summed E-state index contributed by atoms with van der Waals surface area (Å²) in [5.41, 5.74) is 5.69. The minimum atomic E-state index is -5.64. The van der Waals surface area contributed by atoms with E-state index in [9.17, 15) is 23.5 Å². The van der Waals surface area contributed by atoms with Gasteiger partial charge in [0.15, 0.2) is 11.5 Å². The fraction of sp³-hybridized carbons (Fsp3) is 0.357. The third kappa shape index (κ3) is 5.17. The van der Waals surface area contributed by atoms with Gasteiger partial charge in [-0.05, 0) is 18.4 Å². The molecule has 32 heavy (non-hydrogen) atoms. The van der Waals surface area contributed by atoms with Crippen LogP contribution in [0.2, 0.25) is 0 Å². The van der Waals surface area contributed by atoms with Gasteiger partial charge >= 0.3 is 23.5 Å². The lowest BCUT2D eigenvalue weighted by atomic mass is 9.84. The summed E-state index contributed by atoms with van der Waals surface area (Å²) in [7, 11) is -16.5. The highest BCUT2D eigenvalue weighted by Gasteiger charge is 2.47. The summed E-state index contributed by atoms with van der Waals surface area (Å²) < 4.78 is 48.1. The number of phosphoric acid groups is 3. The average Bonchev–Trinajstić information content (AvgIpc) is 3.20. The smallest absolute Gasteiger partial charge is 0.382 e. The molecule has 1 aliphatic rings. The average molecular weight is 509 g/mol. The van der Waals surface area contributed by atoms with Gasteiger partial charge in [0.1, 0.15) is 11.8 Å². The minimum absolute atomic E-state index is 0.174. The van der Waals surface area contributed by atoms with Crippen molar-refractivity contribution < 1.29 is 46.4 Å². The number of rotatable bonds is 8. The Morgan fingerprint density at radius 3 is 2.53 bits per heavy atom. The highest BCUT2D eigenvalue weighted by Crippen LogP contribution is 2.66. The zero-order chi connectivity index (χ0) is 23.9. The second kappa shape index (κ2) is 8.44. The molecule has 3 rings (SSSR count). The van der Waals surface area contributed by atoms with E-state index < -0.39 is 41.5 Å². The second-order valence-corrected chi connectivity index (χ2v) is 11.2. The van der Waals surface area contributed by atoms with Gasteiger partial charge in [-0.25, -0.2) is 28.6 Å². The van der Waals surface area contributed by atoms with Crippen molar-refractivity contribution in [1.82, 2.24) is 19.5 Å². The van der Waals surface area contributed by atoms with Crippen LogP contribution in [-0.4, -0.2) is 45.7 Å². The Balaban J connectivity index is 1.77. The third-order valence-electron chi connectivity index (χ3n) is 4.75. The number of phosphoric ester groups is 1. The molecule has 1 aliphatic carbocycles. The number of nitrogen functional groups attached to an aromatic ring is 1. The van der Waals surface area contributed by atoms with Crippen LogP contribution in [0.15, 0.2) is 24.8 Å². The van der Waals surface area contributed by atoms with Gasteiger partial charge in [-0.3, -0.25) is 4.52 Å². The van der Waals surface area contributed by atoms with Crippen LogP contribution in [0.5, 0.6) is 0 Å². The number of aromatic nitrogens is 4. The fourth-order valence-electron chi connectivity index (χ4n) is 3.31. The van der Waals surface area contributed by atoms with Gasteiger partial charge < -0.3 is 29.9 Å². The van der Waals surface area contributed by atoms with Crippen molar-refractivity contribution in [2.45, 2.75) is 18.9 Å². The monoisotopic (exact) mass is 509 g/mol. The van der Waals surface area contributed by atoms with Gasteiger partial charge in [-0.15, -0.1) is 6.42 Å². The lowest BCUT2D eigenvalue weighted by molar-refractivity contribution is 0.146. The molecule has 0 amide bonds. The summed E-state index contributed by atoms with van der Waals surface area (Å²) >= 11 is 0. The Morgan fingerprint density at radius 2 is 1.91 bits per heavy atom. The highest BCUT2D eigenvalue weighted by atomic mass is 31.3. The van der Waals surface area contributed by atoms with Crippen molar-refractivity contribution in [3.05, 3.63) is 24.8 Å². The van der Waals surface area contributed by atoms with E-state index >= 15 is 0 Å². The lowest BCUT2D eigenvalue weighted by Gasteiger charge is -2.27. The lowest BCUT2D eigenvalue weighted by Crippen LogP contribution is -2.24. The number of nitrogens with zero attached hydrogens (tertiary/aromatic N) is 4. The summed E-state index contributed by atoms with van der Waals surface area (Å²) in [6.45, 7) is 3.32. The van der Waals surface area contributed by atoms with E-state index in [0.717, 1.165) is 0 Å². The van der Waals surface area contributed by atoms with Crippen LogP contribution < -0.4 is 5.73 Å². The molecule has 1 fully saturated rings. The van der Waals surface area contributed by atoms with Gasteiger partial charge in [-0.2, -0.15) is 8.62 Å².